The van der Waals surface area contributed by atoms with Crippen LogP contribution in [0.15, 0.2) is 6.20 Å². The predicted molar refractivity (Wildman–Crippen MR) is 96.8 cm³/mol. The minimum atomic E-state index is -0.472. The summed E-state index contributed by atoms with van der Waals surface area (Å²) < 4.78 is 13.0. The van der Waals surface area contributed by atoms with Gasteiger partial charge in [-0.1, -0.05) is 6.92 Å². The van der Waals surface area contributed by atoms with Crippen LogP contribution in [0.5, 0.6) is 5.75 Å². The van der Waals surface area contributed by atoms with Gasteiger partial charge in [-0.05, 0) is 46.6 Å². The van der Waals surface area contributed by atoms with E-state index in [0.29, 0.717) is 19.0 Å². The molecule has 1 N–H and O–H groups in total. The number of hydrogen-bond acceptors (Lipinski definition) is 5. The first-order valence-electron chi connectivity index (χ1n) is 9.11. The third kappa shape index (κ3) is 4.66. The summed E-state index contributed by atoms with van der Waals surface area (Å²) in [5.41, 5.74) is 0.586. The zero-order chi connectivity index (χ0) is 18.6. The van der Waals surface area contributed by atoms with Crippen molar-refractivity contribution in [3.63, 3.8) is 0 Å². The van der Waals surface area contributed by atoms with Crippen molar-refractivity contribution in [3.8, 4) is 5.75 Å². The lowest BCUT2D eigenvalue weighted by molar-refractivity contribution is 0.0285. The maximum absolute atomic E-state index is 12.4. The molecular weight excluding hydrogens is 320 g/mol. The van der Waals surface area contributed by atoms with Crippen LogP contribution in [0.1, 0.15) is 52.8 Å². The molecule has 2 heterocycles. The van der Waals surface area contributed by atoms with Crippen molar-refractivity contribution in [3.05, 3.63) is 11.9 Å². The molecule has 1 aromatic rings. The Hall–Kier alpha value is -1.76. The number of nitrogens with one attached hydrogen (secondary N) is 1. The molecule has 2 unspecified atom stereocenters. The summed E-state index contributed by atoms with van der Waals surface area (Å²) in [7, 11) is 1.67. The molecule has 2 atom stereocenters. The fourth-order valence-corrected chi connectivity index (χ4v) is 3.36. The molecule has 25 heavy (non-hydrogen) atoms. The highest BCUT2D eigenvalue weighted by Gasteiger charge is 2.36. The number of carbonyl (C=O) groups excluding carboxylic acids is 1. The standard InChI is InChI=1S/C18H32N4O3/c1-7-19-15(16-14(24-6)11-20-22(16)8-2)13-9-10-21(12-13)17(23)25-18(3,4)5/h11,13,15,19H,7-10,12H2,1-6H3. The van der Waals surface area contributed by atoms with Gasteiger partial charge in [0.15, 0.2) is 5.75 Å². The monoisotopic (exact) mass is 352 g/mol. The zero-order valence-electron chi connectivity index (χ0n) is 16.3. The summed E-state index contributed by atoms with van der Waals surface area (Å²) in [6, 6.07) is 0.0924. The zero-order valence-corrected chi connectivity index (χ0v) is 16.3. The molecule has 2 rings (SSSR count). The molecule has 1 saturated heterocycles. The van der Waals surface area contributed by atoms with Gasteiger partial charge in [0, 0.05) is 19.6 Å². The first-order valence-corrected chi connectivity index (χ1v) is 9.11. The van der Waals surface area contributed by atoms with Gasteiger partial charge >= 0.3 is 6.09 Å². The largest absolute Gasteiger partial charge is 0.493 e. The number of hydrogen-bond donors (Lipinski definition) is 1. The molecule has 1 aromatic heterocycles. The quantitative estimate of drug-likeness (QED) is 0.853. The number of rotatable bonds is 6. The highest BCUT2D eigenvalue weighted by molar-refractivity contribution is 5.68. The number of amides is 1. The fraction of sp³-hybridized carbons (Fsp3) is 0.778. The van der Waals surface area contributed by atoms with Crippen LogP contribution in [-0.2, 0) is 11.3 Å². The topological polar surface area (TPSA) is 68.6 Å². The first kappa shape index (κ1) is 19.6. The summed E-state index contributed by atoms with van der Waals surface area (Å²) in [6.07, 6.45) is 2.46. The Balaban J connectivity index is 2.17. The summed E-state index contributed by atoms with van der Waals surface area (Å²) in [5, 5.41) is 7.99. The molecule has 1 aliphatic heterocycles. The fourth-order valence-electron chi connectivity index (χ4n) is 3.36. The van der Waals surface area contributed by atoms with Crippen molar-refractivity contribution < 1.29 is 14.3 Å². The van der Waals surface area contributed by atoms with Crippen LogP contribution in [0, 0.1) is 5.92 Å². The Morgan fingerprint density at radius 3 is 2.72 bits per heavy atom. The lowest BCUT2D eigenvalue weighted by Gasteiger charge is -2.27. The van der Waals surface area contributed by atoms with Gasteiger partial charge in [-0.2, -0.15) is 5.10 Å². The molecular formula is C18H32N4O3. The minimum absolute atomic E-state index is 0.0924. The molecule has 7 heteroatoms. The van der Waals surface area contributed by atoms with Gasteiger partial charge in [0.05, 0.1) is 25.0 Å². The van der Waals surface area contributed by atoms with Gasteiger partial charge in [-0.3, -0.25) is 4.68 Å². The van der Waals surface area contributed by atoms with Gasteiger partial charge < -0.3 is 19.7 Å². The molecule has 1 aliphatic rings. The van der Waals surface area contributed by atoms with Crippen molar-refractivity contribution in [2.75, 3.05) is 26.7 Å². The van der Waals surface area contributed by atoms with E-state index in [-0.39, 0.29) is 12.1 Å². The minimum Gasteiger partial charge on any atom is -0.493 e. The molecule has 0 spiro atoms. The number of nitrogens with zero attached hydrogens (tertiary/aromatic N) is 3. The average Bonchev–Trinajstić information content (AvgIpc) is 3.17. The molecule has 1 fully saturated rings. The highest BCUT2D eigenvalue weighted by Crippen LogP contribution is 2.35. The van der Waals surface area contributed by atoms with E-state index in [1.54, 1.807) is 18.2 Å². The van der Waals surface area contributed by atoms with Crippen molar-refractivity contribution in [1.29, 1.82) is 0 Å². The SMILES string of the molecule is CCNC(c1c(OC)cnn1CC)C1CCN(C(=O)OC(C)(C)C)C1. The van der Waals surface area contributed by atoms with Gasteiger partial charge in [-0.25, -0.2) is 4.79 Å². The van der Waals surface area contributed by atoms with Crippen molar-refractivity contribution in [1.82, 2.24) is 20.0 Å². The lowest BCUT2D eigenvalue weighted by atomic mass is 9.95. The van der Waals surface area contributed by atoms with E-state index in [2.05, 4.69) is 24.3 Å². The smallest absolute Gasteiger partial charge is 0.410 e. The summed E-state index contributed by atoms with van der Waals surface area (Å²) in [4.78, 5) is 14.2. The Kier molecular flexibility index (Phi) is 6.32. The molecule has 1 amide bonds. The van der Waals surface area contributed by atoms with Gasteiger partial charge in [-0.15, -0.1) is 0 Å². The Morgan fingerprint density at radius 1 is 1.44 bits per heavy atom. The van der Waals surface area contributed by atoms with Crippen molar-refractivity contribution >= 4 is 6.09 Å². The normalized spacial score (nSPS) is 19.1. The van der Waals surface area contributed by atoms with Crippen molar-refractivity contribution in [2.24, 2.45) is 5.92 Å². The first-order chi connectivity index (χ1) is 11.8. The lowest BCUT2D eigenvalue weighted by Crippen LogP contribution is -2.37. The Morgan fingerprint density at radius 2 is 2.16 bits per heavy atom. The average molecular weight is 352 g/mol. The van der Waals surface area contributed by atoms with E-state index >= 15 is 0 Å². The number of likely N-dealkylation sites (tertiary alicyclic amines) is 1. The number of aromatic nitrogens is 2. The van der Waals surface area contributed by atoms with Gasteiger partial charge in [0.25, 0.3) is 0 Å². The summed E-state index contributed by atoms with van der Waals surface area (Å²) in [6.45, 7) is 12.8. The highest BCUT2D eigenvalue weighted by atomic mass is 16.6. The summed E-state index contributed by atoms with van der Waals surface area (Å²) in [5.74, 6) is 1.09. The molecule has 142 valence electrons. The maximum atomic E-state index is 12.4. The molecule has 0 bridgehead atoms. The molecule has 7 nitrogen and oxygen atoms in total. The van der Waals surface area contributed by atoms with Crippen molar-refractivity contribution in [2.45, 2.75) is 59.2 Å². The number of methoxy groups -OCH3 is 1. The third-order valence-electron chi connectivity index (χ3n) is 4.43. The Bertz CT molecular complexity index is 558. The van der Waals surface area contributed by atoms with Crippen LogP contribution in [0.3, 0.4) is 0 Å². The third-order valence-corrected chi connectivity index (χ3v) is 4.43. The second-order valence-electron chi connectivity index (χ2n) is 7.42. The van der Waals surface area contributed by atoms with Crippen LogP contribution in [0.2, 0.25) is 0 Å². The molecule has 0 aromatic carbocycles. The molecule has 0 saturated carbocycles. The maximum Gasteiger partial charge on any atom is 0.410 e. The van der Waals surface area contributed by atoms with Crippen LogP contribution in [0.4, 0.5) is 4.79 Å². The second kappa shape index (κ2) is 8.08. The molecule has 0 radical (unpaired) electrons. The van der Waals surface area contributed by atoms with E-state index in [4.69, 9.17) is 9.47 Å². The van der Waals surface area contributed by atoms with E-state index in [0.717, 1.165) is 31.0 Å². The van der Waals surface area contributed by atoms with E-state index in [1.807, 2.05) is 25.5 Å². The van der Waals surface area contributed by atoms with E-state index < -0.39 is 5.60 Å². The molecule has 0 aliphatic carbocycles. The second-order valence-corrected chi connectivity index (χ2v) is 7.42. The summed E-state index contributed by atoms with van der Waals surface area (Å²) >= 11 is 0. The van der Waals surface area contributed by atoms with Crippen LogP contribution in [-0.4, -0.2) is 53.1 Å². The van der Waals surface area contributed by atoms with Crippen LogP contribution < -0.4 is 10.1 Å². The van der Waals surface area contributed by atoms with Crippen LogP contribution in [0.25, 0.3) is 0 Å². The van der Waals surface area contributed by atoms with E-state index in [1.165, 1.54) is 0 Å². The predicted octanol–water partition coefficient (Wildman–Crippen LogP) is 2.82. The van der Waals surface area contributed by atoms with E-state index in [9.17, 15) is 4.79 Å². The number of aryl methyl sites for hydroxylation is 1. The number of ether oxygens (including phenoxy) is 2. The van der Waals surface area contributed by atoms with Gasteiger partial charge in [0.1, 0.15) is 5.60 Å². The van der Waals surface area contributed by atoms with Gasteiger partial charge in [0.2, 0.25) is 0 Å². The number of carbonyl (C=O) groups is 1. The Labute approximate surface area is 150 Å². The van der Waals surface area contributed by atoms with Crippen LogP contribution >= 0.6 is 0 Å².